The van der Waals surface area contributed by atoms with Gasteiger partial charge in [-0.3, -0.25) is 19.2 Å². The molecule has 1 aliphatic rings. The third-order valence-electron chi connectivity index (χ3n) is 6.60. The summed E-state index contributed by atoms with van der Waals surface area (Å²) in [6, 6.07) is 3.00. The molecule has 0 N–H and O–H groups in total. The van der Waals surface area contributed by atoms with Crippen molar-refractivity contribution in [3.8, 4) is 5.75 Å². The fourth-order valence-electron chi connectivity index (χ4n) is 4.09. The van der Waals surface area contributed by atoms with E-state index in [-0.39, 0.29) is 54.8 Å². The van der Waals surface area contributed by atoms with E-state index in [0.717, 1.165) is 7.09 Å². The van der Waals surface area contributed by atoms with Crippen molar-refractivity contribution in [2.75, 3.05) is 27.5 Å². The average molecular weight is 542 g/mol. The summed E-state index contributed by atoms with van der Waals surface area (Å²) in [7, 11) is -0.0625. The molecular formula is C23H31BNO9S2. The Balaban J connectivity index is 2.98. The lowest BCUT2D eigenvalue weighted by Crippen LogP contribution is -2.36. The van der Waals surface area contributed by atoms with Gasteiger partial charge in [-0.25, -0.2) is 12.7 Å². The zero-order chi connectivity index (χ0) is 28.2. The highest BCUT2D eigenvalue weighted by Gasteiger charge is 2.45. The van der Waals surface area contributed by atoms with Crippen molar-refractivity contribution in [3.05, 3.63) is 28.8 Å². The molecule has 2 rings (SSSR count). The number of methoxy groups -OCH3 is 1. The van der Waals surface area contributed by atoms with Crippen LogP contribution in [-0.2, 0) is 49.0 Å². The molecule has 0 amide bonds. The maximum Gasteiger partial charge on any atom is 0.219 e. The summed E-state index contributed by atoms with van der Waals surface area (Å²) >= 11 is 0.627. The van der Waals surface area contributed by atoms with Gasteiger partial charge in [0, 0.05) is 31.8 Å². The maximum atomic E-state index is 13.1. The quantitative estimate of drug-likeness (QED) is 0.111. The molecule has 0 spiro atoms. The Morgan fingerprint density at radius 2 is 1.72 bits per heavy atom. The van der Waals surface area contributed by atoms with Gasteiger partial charge >= 0.3 is 0 Å². The van der Waals surface area contributed by atoms with Gasteiger partial charge in [-0.1, -0.05) is 11.9 Å². The predicted octanol–water partition coefficient (Wildman–Crippen LogP) is 1.32. The van der Waals surface area contributed by atoms with Gasteiger partial charge in [-0.05, 0) is 53.1 Å². The topological polar surface area (TPSA) is 133 Å². The van der Waals surface area contributed by atoms with Crippen LogP contribution in [0.5, 0.6) is 5.75 Å². The lowest BCUT2D eigenvalue weighted by atomic mass is 9.73. The molecule has 1 aromatic carbocycles. The van der Waals surface area contributed by atoms with Gasteiger partial charge in [0.2, 0.25) is 28.7 Å². The van der Waals surface area contributed by atoms with Crippen LogP contribution in [0.15, 0.2) is 12.1 Å². The average Bonchev–Trinajstić information content (AvgIpc) is 3.13. The highest BCUT2D eigenvalue weighted by Crippen LogP contribution is 2.45. The molecule has 1 fully saturated rings. The number of carbonyl (C=O) groups is 4. The van der Waals surface area contributed by atoms with E-state index >= 15 is 0 Å². The Labute approximate surface area is 218 Å². The van der Waals surface area contributed by atoms with Crippen molar-refractivity contribution in [1.82, 2.24) is 4.31 Å². The Morgan fingerprint density at radius 3 is 2.11 bits per heavy atom. The normalized spacial score (nSPS) is 19.3. The number of rotatable bonds is 14. The first-order valence-electron chi connectivity index (χ1n) is 11.6. The number of Topliss-reactive ketones (excluding diaryl/α,β-unsaturated/α-hetero) is 2. The van der Waals surface area contributed by atoms with Crippen LogP contribution in [0, 0.1) is 0 Å². The lowest BCUT2D eigenvalue weighted by Gasteiger charge is -2.33. The fraction of sp³-hybridized carbons (Fsp3) is 0.565. The number of ketones is 2. The van der Waals surface area contributed by atoms with Gasteiger partial charge in [-0.15, -0.1) is 0 Å². The molecule has 2 atom stereocenters. The molecular weight excluding hydrogens is 509 g/mol. The molecule has 1 aliphatic heterocycles. The summed E-state index contributed by atoms with van der Waals surface area (Å²) in [5, 5.41) is -1.04. The number of benzene rings is 1. The molecule has 36 heavy (non-hydrogen) atoms. The van der Waals surface area contributed by atoms with E-state index in [9.17, 15) is 27.6 Å². The first-order chi connectivity index (χ1) is 17.2. The molecule has 1 heterocycles. The third kappa shape index (κ3) is 5.59. The van der Waals surface area contributed by atoms with Gasteiger partial charge in [0.25, 0.3) is 0 Å². The first-order valence-corrected chi connectivity index (χ1v) is 13.3. The summed E-state index contributed by atoms with van der Waals surface area (Å²) in [6.45, 7) is 5.93. The van der Waals surface area contributed by atoms with Crippen LogP contribution in [0.4, 0.5) is 0 Å². The van der Waals surface area contributed by atoms with Crippen LogP contribution < -0.4 is 4.74 Å². The van der Waals surface area contributed by atoms with E-state index < -0.39 is 43.8 Å². The molecule has 0 aliphatic carbocycles. The van der Waals surface area contributed by atoms with Gasteiger partial charge in [-0.2, -0.15) is 0 Å². The Bertz CT molecular complexity index is 1100. The molecule has 13 heteroatoms. The van der Waals surface area contributed by atoms with Crippen LogP contribution in [0.1, 0.15) is 56.9 Å². The van der Waals surface area contributed by atoms with Crippen molar-refractivity contribution in [1.29, 1.82) is 1.34 Å². The van der Waals surface area contributed by atoms with E-state index in [1.807, 2.05) is 0 Å². The molecule has 10 nitrogen and oxygen atoms in total. The molecule has 0 unspecified atom stereocenters. The SMILES string of the molecule is [3H][B]SO[C@H](c1cc(C(C)(C)C(=O)C=O)c(OCOC)c(C(C)(C)C(=O)C=O)c1)[C@@H]1CCN(C)S1(=O)=O. The van der Waals surface area contributed by atoms with Gasteiger partial charge in [0.15, 0.2) is 19.4 Å². The summed E-state index contributed by atoms with van der Waals surface area (Å²) in [5.74, 6) is -1.54. The molecule has 0 saturated carbocycles. The minimum Gasteiger partial charge on any atom is -0.467 e. The Hall–Kier alpha value is -2.06. The van der Waals surface area contributed by atoms with E-state index in [2.05, 4.69) is 0 Å². The molecule has 0 bridgehead atoms. The largest absolute Gasteiger partial charge is 0.467 e. The van der Waals surface area contributed by atoms with Crippen LogP contribution in [0.2, 0.25) is 0 Å². The summed E-state index contributed by atoms with van der Waals surface area (Å²) in [5.41, 5.74) is -2.32. The number of aldehydes is 2. The van der Waals surface area contributed by atoms with Gasteiger partial charge < -0.3 is 13.7 Å². The standard InChI is InChI=1S/C23H31BNO9S2/c1-22(2,18(28)11-26)15-9-14(20(34-35-24)17-7-8-25(5)36(17,30)31)10-16(21(15)33-13-32-6)23(3,4)19(29)12-27/h9-12,17,20,24H,7-8,13H2,1-6H3/t17-,20+/m0/s1/i24T. The molecule has 197 valence electrons. The minimum absolute atomic E-state index is 0.0517. The second kappa shape index (κ2) is 11.6. The predicted molar refractivity (Wildman–Crippen MR) is 136 cm³/mol. The smallest absolute Gasteiger partial charge is 0.219 e. The van der Waals surface area contributed by atoms with Gasteiger partial charge in [0.05, 0.1) is 10.8 Å². The fourth-order valence-corrected chi connectivity index (χ4v) is 6.28. The van der Waals surface area contributed by atoms with E-state index in [1.165, 1.54) is 58.3 Å². The number of ether oxygens (including phenoxy) is 2. The monoisotopic (exact) mass is 542 g/mol. The highest BCUT2D eigenvalue weighted by molar-refractivity contribution is 8.15. The number of hydrogen-bond acceptors (Lipinski definition) is 10. The van der Waals surface area contributed by atoms with Gasteiger partial charge in [0.1, 0.15) is 17.1 Å². The number of sulfonamides is 1. The zero-order valence-electron chi connectivity index (χ0n) is 22.1. The van der Waals surface area contributed by atoms with Crippen LogP contribution in [0.3, 0.4) is 0 Å². The van der Waals surface area contributed by atoms with E-state index in [1.54, 1.807) is 0 Å². The van der Waals surface area contributed by atoms with Crippen molar-refractivity contribution < 1.29 is 41.3 Å². The van der Waals surface area contributed by atoms with Crippen molar-refractivity contribution >= 4 is 53.1 Å². The van der Waals surface area contributed by atoms with Crippen LogP contribution >= 0.6 is 11.9 Å². The molecule has 0 aromatic heterocycles. The summed E-state index contributed by atoms with van der Waals surface area (Å²) in [4.78, 5) is 48.5. The number of hydrogen-bond donors (Lipinski definition) is 0. The Kier molecular flexibility index (Phi) is 9.15. The Morgan fingerprint density at radius 1 is 1.19 bits per heavy atom. The highest BCUT2D eigenvalue weighted by atomic mass is 32.2. The van der Waals surface area contributed by atoms with Crippen LogP contribution in [0.25, 0.3) is 0 Å². The molecule has 1 radical (unpaired) electrons. The minimum atomic E-state index is -3.78. The molecule has 1 saturated heterocycles. The maximum absolute atomic E-state index is 13.1. The number of nitrogens with zero attached hydrogens (tertiary/aromatic N) is 1. The third-order valence-corrected chi connectivity index (χ3v) is 9.21. The second-order valence-corrected chi connectivity index (χ2v) is 12.2. The van der Waals surface area contributed by atoms with Crippen LogP contribution in [-0.4, -0.2) is 78.0 Å². The summed E-state index contributed by atoms with van der Waals surface area (Å²) in [6.07, 6.45) is -0.561. The first kappa shape index (κ1) is 28.5. The van der Waals surface area contributed by atoms with Crippen molar-refractivity contribution in [2.24, 2.45) is 0 Å². The zero-order valence-corrected chi connectivity index (χ0v) is 22.7. The van der Waals surface area contributed by atoms with E-state index in [0.29, 0.717) is 11.9 Å². The van der Waals surface area contributed by atoms with E-state index in [4.69, 9.17) is 15.0 Å². The molecule has 1 aromatic rings. The van der Waals surface area contributed by atoms with Crippen molar-refractivity contribution in [3.63, 3.8) is 0 Å². The summed E-state index contributed by atoms with van der Waals surface area (Å²) < 4.78 is 51.4. The number of carbonyl (C=O) groups excluding carboxylic acids is 4. The van der Waals surface area contributed by atoms with Crippen molar-refractivity contribution in [2.45, 2.75) is 56.3 Å². The lowest BCUT2D eigenvalue weighted by molar-refractivity contribution is -0.133. The second-order valence-electron chi connectivity index (χ2n) is 9.52.